The summed E-state index contributed by atoms with van der Waals surface area (Å²) in [6.07, 6.45) is 7.20. The predicted molar refractivity (Wildman–Crippen MR) is 77.7 cm³/mol. The third-order valence-corrected chi connectivity index (χ3v) is 3.95. The van der Waals surface area contributed by atoms with Crippen LogP contribution in [-0.4, -0.2) is 27.5 Å². The number of hydrogen-bond donors (Lipinski definition) is 1. The highest BCUT2D eigenvalue weighted by Gasteiger charge is 2.25. The van der Waals surface area contributed by atoms with E-state index in [1.807, 2.05) is 0 Å². The van der Waals surface area contributed by atoms with E-state index >= 15 is 0 Å². The van der Waals surface area contributed by atoms with Gasteiger partial charge in [-0.05, 0) is 25.7 Å². The van der Waals surface area contributed by atoms with Crippen LogP contribution in [0.2, 0.25) is 0 Å². The topological polar surface area (TPSA) is 55.0 Å². The van der Waals surface area contributed by atoms with Gasteiger partial charge < -0.3 is 10.6 Å². The van der Waals surface area contributed by atoms with Crippen LogP contribution in [-0.2, 0) is 0 Å². The molecule has 2 unspecified atom stereocenters. The average Bonchev–Trinajstić information content (AvgIpc) is 2.39. The summed E-state index contributed by atoms with van der Waals surface area (Å²) in [5.41, 5.74) is 6.12. The summed E-state index contributed by atoms with van der Waals surface area (Å²) in [6, 6.07) is 0.526. The standard InChI is InChI=1S/C13H20N4S/c1-3-10-5-4-9(2)17(8-10)12-7-15-11(6-16-12)13(14)18/h6-7,9-10H,3-5,8H2,1-2H3,(H2,14,18). The summed E-state index contributed by atoms with van der Waals surface area (Å²) in [5, 5.41) is 0. The molecule has 0 aliphatic carbocycles. The largest absolute Gasteiger partial charge is 0.388 e. The second kappa shape index (κ2) is 5.61. The number of aromatic nitrogens is 2. The van der Waals surface area contributed by atoms with Gasteiger partial charge in [-0.15, -0.1) is 0 Å². The van der Waals surface area contributed by atoms with Gasteiger partial charge in [-0.2, -0.15) is 0 Å². The van der Waals surface area contributed by atoms with Gasteiger partial charge in [-0.3, -0.25) is 0 Å². The van der Waals surface area contributed by atoms with E-state index in [1.165, 1.54) is 19.3 Å². The highest BCUT2D eigenvalue weighted by atomic mass is 32.1. The molecule has 1 fully saturated rings. The van der Waals surface area contributed by atoms with Crippen LogP contribution in [0.4, 0.5) is 5.82 Å². The van der Waals surface area contributed by atoms with Crippen molar-refractivity contribution in [1.82, 2.24) is 9.97 Å². The Hall–Kier alpha value is -1.23. The minimum Gasteiger partial charge on any atom is -0.388 e. The molecule has 98 valence electrons. The van der Waals surface area contributed by atoms with Crippen LogP contribution in [0, 0.1) is 5.92 Å². The molecular weight excluding hydrogens is 244 g/mol. The minimum atomic E-state index is 0.298. The van der Waals surface area contributed by atoms with Crippen LogP contribution in [0.3, 0.4) is 0 Å². The number of hydrogen-bond acceptors (Lipinski definition) is 4. The molecule has 18 heavy (non-hydrogen) atoms. The molecule has 2 N–H and O–H groups in total. The van der Waals surface area contributed by atoms with E-state index < -0.39 is 0 Å². The van der Waals surface area contributed by atoms with E-state index in [1.54, 1.807) is 12.4 Å². The molecule has 2 atom stereocenters. The second-order valence-corrected chi connectivity index (χ2v) is 5.42. The molecule has 1 aliphatic rings. The van der Waals surface area contributed by atoms with Crippen LogP contribution in [0.25, 0.3) is 0 Å². The quantitative estimate of drug-likeness (QED) is 0.848. The lowest BCUT2D eigenvalue weighted by Crippen LogP contribution is -2.42. The van der Waals surface area contributed by atoms with Crippen molar-refractivity contribution in [3.63, 3.8) is 0 Å². The maximum atomic E-state index is 5.53. The highest BCUT2D eigenvalue weighted by molar-refractivity contribution is 7.80. The Kier molecular flexibility index (Phi) is 4.11. The van der Waals surface area contributed by atoms with Gasteiger partial charge in [0.05, 0.1) is 12.4 Å². The maximum absolute atomic E-state index is 5.53. The summed E-state index contributed by atoms with van der Waals surface area (Å²) in [4.78, 5) is 11.3. The van der Waals surface area contributed by atoms with Crippen molar-refractivity contribution >= 4 is 23.0 Å². The van der Waals surface area contributed by atoms with Crippen LogP contribution < -0.4 is 10.6 Å². The molecule has 1 aromatic heterocycles. The van der Waals surface area contributed by atoms with Crippen LogP contribution >= 0.6 is 12.2 Å². The minimum absolute atomic E-state index is 0.298. The van der Waals surface area contributed by atoms with Crippen molar-refractivity contribution in [2.75, 3.05) is 11.4 Å². The molecule has 1 aliphatic heterocycles. The van der Waals surface area contributed by atoms with Crippen LogP contribution in [0.1, 0.15) is 38.8 Å². The number of rotatable bonds is 3. The predicted octanol–water partition coefficient (Wildman–Crippen LogP) is 2.13. The Balaban J connectivity index is 2.16. The van der Waals surface area contributed by atoms with E-state index in [9.17, 15) is 0 Å². The van der Waals surface area contributed by atoms with Crippen LogP contribution in [0.5, 0.6) is 0 Å². The number of piperidine rings is 1. The Morgan fingerprint density at radius 1 is 1.44 bits per heavy atom. The smallest absolute Gasteiger partial charge is 0.147 e. The lowest BCUT2D eigenvalue weighted by atomic mass is 9.91. The second-order valence-electron chi connectivity index (χ2n) is 4.98. The van der Waals surface area contributed by atoms with E-state index in [0.717, 1.165) is 18.3 Å². The lowest BCUT2D eigenvalue weighted by Gasteiger charge is -2.38. The highest BCUT2D eigenvalue weighted by Crippen LogP contribution is 2.27. The zero-order valence-electron chi connectivity index (χ0n) is 11.0. The molecule has 2 heterocycles. The van der Waals surface area contributed by atoms with E-state index in [2.05, 4.69) is 28.7 Å². The summed E-state index contributed by atoms with van der Waals surface area (Å²) in [6.45, 7) is 5.56. The summed E-state index contributed by atoms with van der Waals surface area (Å²) in [7, 11) is 0. The fourth-order valence-corrected chi connectivity index (χ4v) is 2.54. The zero-order valence-corrected chi connectivity index (χ0v) is 11.8. The monoisotopic (exact) mass is 264 g/mol. The number of nitrogens with two attached hydrogens (primary N) is 1. The molecule has 0 amide bonds. The number of thiocarbonyl (C=S) groups is 1. The van der Waals surface area contributed by atoms with E-state index in [0.29, 0.717) is 16.7 Å². The molecule has 0 radical (unpaired) electrons. The third-order valence-electron chi connectivity index (χ3n) is 3.74. The molecule has 0 aromatic carbocycles. The van der Waals surface area contributed by atoms with E-state index in [4.69, 9.17) is 18.0 Å². The van der Waals surface area contributed by atoms with E-state index in [-0.39, 0.29) is 0 Å². The fourth-order valence-electron chi connectivity index (χ4n) is 2.43. The Labute approximate surface area is 114 Å². The van der Waals surface area contributed by atoms with Gasteiger partial charge in [0.2, 0.25) is 0 Å². The van der Waals surface area contributed by atoms with Crippen molar-refractivity contribution in [1.29, 1.82) is 0 Å². The first-order chi connectivity index (χ1) is 8.61. The third kappa shape index (κ3) is 2.77. The maximum Gasteiger partial charge on any atom is 0.147 e. The molecular formula is C13H20N4S. The SMILES string of the molecule is CCC1CCC(C)N(c2cnc(C(N)=S)cn2)C1. The molecule has 5 heteroatoms. The van der Waals surface area contributed by atoms with Crippen LogP contribution in [0.15, 0.2) is 12.4 Å². The van der Waals surface area contributed by atoms with Gasteiger partial charge in [-0.1, -0.05) is 25.6 Å². The first-order valence-electron chi connectivity index (χ1n) is 6.50. The Bertz CT molecular complexity index is 418. The molecule has 1 aromatic rings. The number of nitrogens with zero attached hydrogens (tertiary/aromatic N) is 3. The first kappa shape index (κ1) is 13.2. The lowest BCUT2D eigenvalue weighted by molar-refractivity contribution is 0.357. The van der Waals surface area contributed by atoms with Gasteiger partial charge in [0.25, 0.3) is 0 Å². The van der Waals surface area contributed by atoms with Gasteiger partial charge in [0.1, 0.15) is 16.5 Å². The molecule has 0 saturated carbocycles. The molecule has 0 spiro atoms. The molecule has 1 saturated heterocycles. The molecule has 4 nitrogen and oxygen atoms in total. The Morgan fingerprint density at radius 3 is 2.78 bits per heavy atom. The number of anilines is 1. The first-order valence-corrected chi connectivity index (χ1v) is 6.91. The summed E-state index contributed by atoms with van der Waals surface area (Å²) in [5.74, 6) is 1.69. The Morgan fingerprint density at radius 2 is 2.22 bits per heavy atom. The van der Waals surface area contributed by atoms with Gasteiger partial charge in [0.15, 0.2) is 0 Å². The zero-order chi connectivity index (χ0) is 13.1. The fraction of sp³-hybridized carbons (Fsp3) is 0.615. The normalized spacial score (nSPS) is 24.0. The van der Waals surface area contributed by atoms with Crippen molar-refractivity contribution in [3.8, 4) is 0 Å². The summed E-state index contributed by atoms with van der Waals surface area (Å²) >= 11 is 4.88. The van der Waals surface area contributed by atoms with Gasteiger partial charge in [-0.25, -0.2) is 9.97 Å². The van der Waals surface area contributed by atoms with Gasteiger partial charge >= 0.3 is 0 Å². The molecule has 0 bridgehead atoms. The molecule has 2 rings (SSSR count). The van der Waals surface area contributed by atoms with Crippen molar-refractivity contribution in [2.24, 2.45) is 11.7 Å². The van der Waals surface area contributed by atoms with Crippen molar-refractivity contribution in [3.05, 3.63) is 18.1 Å². The van der Waals surface area contributed by atoms with Crippen molar-refractivity contribution in [2.45, 2.75) is 39.2 Å². The average molecular weight is 264 g/mol. The summed E-state index contributed by atoms with van der Waals surface area (Å²) < 4.78 is 0. The van der Waals surface area contributed by atoms with Gasteiger partial charge in [0, 0.05) is 12.6 Å². The van der Waals surface area contributed by atoms with Crippen molar-refractivity contribution < 1.29 is 0 Å².